The number of carboxylic acids is 4. The molecule has 0 atom stereocenters. The third kappa shape index (κ3) is 11.6. The summed E-state index contributed by atoms with van der Waals surface area (Å²) in [5.41, 5.74) is 6.69. The van der Waals surface area contributed by atoms with Crippen LogP contribution in [0.5, 0.6) is 0 Å². The van der Waals surface area contributed by atoms with E-state index in [4.69, 9.17) is 50.1 Å². The number of carbonyl (C=O) groups is 5. The van der Waals surface area contributed by atoms with E-state index in [-0.39, 0.29) is 12.1 Å². The van der Waals surface area contributed by atoms with Gasteiger partial charge in [0, 0.05) is 19.6 Å². The molecule has 0 radical (unpaired) electrons. The van der Waals surface area contributed by atoms with Crippen molar-refractivity contribution in [3.63, 3.8) is 0 Å². The molecule has 1 aromatic rings. The molecule has 0 aliphatic carbocycles. The van der Waals surface area contributed by atoms with Gasteiger partial charge in [-0.15, -0.1) is 0 Å². The maximum absolute atomic E-state index is 12.0. The van der Waals surface area contributed by atoms with Crippen LogP contribution >= 0.6 is 0 Å². The highest BCUT2D eigenvalue weighted by Gasteiger charge is 2.39. The van der Waals surface area contributed by atoms with Crippen molar-refractivity contribution in [1.29, 1.82) is 0 Å². The van der Waals surface area contributed by atoms with Crippen LogP contribution in [0.25, 0.3) is 0 Å². The molecule has 0 bridgehead atoms. The Morgan fingerprint density at radius 3 is 1.66 bits per heavy atom. The number of esters is 1. The summed E-state index contributed by atoms with van der Waals surface area (Å²) in [6, 6.07) is 10.4. The molecule has 0 saturated carbocycles. The molecular weight excluding hydrogens is 428 g/mol. The van der Waals surface area contributed by atoms with Gasteiger partial charge in [-0.2, -0.15) is 0 Å². The minimum atomic E-state index is -1.82. The van der Waals surface area contributed by atoms with E-state index in [0.29, 0.717) is 12.8 Å². The number of aliphatic carboxylic acids is 4. The van der Waals surface area contributed by atoms with Gasteiger partial charge in [0.25, 0.3) is 0 Å². The van der Waals surface area contributed by atoms with Crippen LogP contribution < -0.4 is 5.73 Å². The lowest BCUT2D eigenvalue weighted by Gasteiger charge is -2.37. The summed E-state index contributed by atoms with van der Waals surface area (Å²) in [7, 11) is 0. The van der Waals surface area contributed by atoms with Gasteiger partial charge < -0.3 is 30.9 Å². The Labute approximate surface area is 184 Å². The average Bonchev–Trinajstić information content (AvgIpc) is 2.71. The fourth-order valence-electron chi connectivity index (χ4n) is 2.49. The summed E-state index contributed by atoms with van der Waals surface area (Å²) in [6.45, 7) is 6.28. The van der Waals surface area contributed by atoms with Crippen molar-refractivity contribution in [3.8, 4) is 0 Å². The molecule has 32 heavy (non-hydrogen) atoms. The van der Waals surface area contributed by atoms with E-state index in [2.05, 4.69) is 17.0 Å². The van der Waals surface area contributed by atoms with Crippen LogP contribution in [0.15, 0.2) is 30.3 Å². The Hall–Kier alpha value is -3.51. The quantitative estimate of drug-likeness (QED) is 0.305. The van der Waals surface area contributed by atoms with Gasteiger partial charge in [0.2, 0.25) is 0 Å². The average molecular weight is 456 g/mol. The Kier molecular flexibility index (Phi) is 12.2. The molecule has 1 aliphatic heterocycles. The number of hydrogen-bond donors (Lipinski definition) is 5. The molecule has 0 unspecified atom stereocenters. The van der Waals surface area contributed by atoms with Gasteiger partial charge in [-0.25, -0.2) is 19.2 Å². The van der Waals surface area contributed by atoms with Crippen molar-refractivity contribution in [2.24, 2.45) is 5.73 Å². The lowest BCUT2D eigenvalue weighted by atomic mass is 9.88. The fraction of sp³-hybridized carbons (Fsp3) is 0.450. The Morgan fingerprint density at radius 2 is 1.31 bits per heavy atom. The number of rotatable bonds is 4. The molecule has 6 N–H and O–H groups in total. The van der Waals surface area contributed by atoms with Gasteiger partial charge >= 0.3 is 29.8 Å². The van der Waals surface area contributed by atoms with Crippen LogP contribution in [0.2, 0.25) is 0 Å². The molecule has 178 valence electrons. The molecule has 0 spiro atoms. The molecule has 0 aromatic heterocycles. The van der Waals surface area contributed by atoms with Crippen molar-refractivity contribution in [1.82, 2.24) is 4.90 Å². The monoisotopic (exact) mass is 456 g/mol. The van der Waals surface area contributed by atoms with Crippen LogP contribution in [-0.4, -0.2) is 79.9 Å². The molecule has 12 heteroatoms. The van der Waals surface area contributed by atoms with E-state index in [1.54, 1.807) is 0 Å². The van der Waals surface area contributed by atoms with Crippen LogP contribution in [0.4, 0.5) is 0 Å². The summed E-state index contributed by atoms with van der Waals surface area (Å²) < 4.78 is 5.26. The number of piperidine rings is 1. The number of hydrogen-bond acceptors (Lipinski definition) is 8. The van der Waals surface area contributed by atoms with E-state index >= 15 is 0 Å². The number of carbonyl (C=O) groups excluding carboxylic acids is 1. The van der Waals surface area contributed by atoms with Gasteiger partial charge in [-0.1, -0.05) is 30.3 Å². The van der Waals surface area contributed by atoms with Crippen LogP contribution in [0.1, 0.15) is 32.3 Å². The first kappa shape index (κ1) is 28.5. The second kappa shape index (κ2) is 13.7. The number of nitrogens with zero attached hydrogens (tertiary/aromatic N) is 1. The third-order valence-corrected chi connectivity index (χ3v) is 4.11. The normalized spacial score (nSPS) is 14.6. The van der Waals surface area contributed by atoms with Crippen LogP contribution in [0.3, 0.4) is 0 Å². The number of ether oxygens (including phenoxy) is 1. The summed E-state index contributed by atoms with van der Waals surface area (Å²) in [4.78, 5) is 50.8. The van der Waals surface area contributed by atoms with Gasteiger partial charge in [0.15, 0.2) is 0 Å². The number of likely N-dealkylation sites (tertiary alicyclic amines) is 1. The fourth-order valence-corrected chi connectivity index (χ4v) is 2.49. The highest BCUT2D eigenvalue weighted by atomic mass is 16.5. The Bertz CT molecular complexity index is 739. The van der Waals surface area contributed by atoms with E-state index in [0.717, 1.165) is 19.6 Å². The number of nitrogens with two attached hydrogens (primary N) is 1. The standard InChI is InChI=1S/C16H24N2O2.2C2H2O4/c1-13(2)20-15(19)16(17)8-10-18(11-9-16)12-14-6-4-3-5-7-14;2*3-1(4)2(5)6/h3-7,13H,8-12,17H2,1-2H3;2*(H,3,4)(H,5,6). The van der Waals surface area contributed by atoms with Crippen molar-refractivity contribution >= 4 is 29.8 Å². The number of carboxylic acid groups (broad SMARTS) is 4. The lowest BCUT2D eigenvalue weighted by molar-refractivity contribution is -0.159. The van der Waals surface area contributed by atoms with Crippen LogP contribution in [0, 0.1) is 0 Å². The molecule has 12 nitrogen and oxygen atoms in total. The zero-order valence-corrected chi connectivity index (χ0v) is 17.8. The summed E-state index contributed by atoms with van der Waals surface area (Å²) in [5, 5.41) is 29.6. The summed E-state index contributed by atoms with van der Waals surface area (Å²) >= 11 is 0. The summed E-state index contributed by atoms with van der Waals surface area (Å²) in [5.74, 6) is -7.55. The highest BCUT2D eigenvalue weighted by molar-refractivity contribution is 6.27. The zero-order valence-electron chi connectivity index (χ0n) is 17.8. The minimum Gasteiger partial charge on any atom is -0.473 e. The minimum absolute atomic E-state index is 0.106. The van der Waals surface area contributed by atoms with E-state index in [1.807, 2.05) is 32.0 Å². The molecule has 1 saturated heterocycles. The lowest BCUT2D eigenvalue weighted by Crippen LogP contribution is -2.56. The first-order chi connectivity index (χ1) is 14.8. The van der Waals surface area contributed by atoms with Gasteiger partial charge in [0.05, 0.1) is 6.10 Å². The predicted molar refractivity (Wildman–Crippen MR) is 110 cm³/mol. The maximum Gasteiger partial charge on any atom is 0.414 e. The Balaban J connectivity index is 0.000000662. The maximum atomic E-state index is 12.0. The molecule has 1 aliphatic rings. The van der Waals surface area contributed by atoms with Crippen molar-refractivity contribution in [2.45, 2.75) is 44.9 Å². The second-order valence-corrected chi connectivity index (χ2v) is 7.09. The van der Waals surface area contributed by atoms with Gasteiger partial charge in [0.1, 0.15) is 5.54 Å². The molecular formula is C20H28N2O10. The first-order valence-corrected chi connectivity index (χ1v) is 9.47. The van der Waals surface area contributed by atoms with E-state index in [1.165, 1.54) is 5.56 Å². The first-order valence-electron chi connectivity index (χ1n) is 9.47. The summed E-state index contributed by atoms with van der Waals surface area (Å²) in [6.07, 6.45) is 1.21. The second-order valence-electron chi connectivity index (χ2n) is 7.09. The molecule has 2 rings (SSSR count). The van der Waals surface area contributed by atoms with Gasteiger partial charge in [-0.3, -0.25) is 9.69 Å². The molecule has 1 aromatic carbocycles. The SMILES string of the molecule is CC(C)OC(=O)C1(N)CCN(Cc2ccccc2)CC1.O=C(O)C(=O)O.O=C(O)C(=O)O. The van der Waals surface area contributed by atoms with Crippen molar-refractivity contribution in [3.05, 3.63) is 35.9 Å². The third-order valence-electron chi connectivity index (χ3n) is 4.11. The largest absolute Gasteiger partial charge is 0.473 e. The van der Waals surface area contributed by atoms with E-state index in [9.17, 15) is 4.79 Å². The smallest absolute Gasteiger partial charge is 0.414 e. The zero-order chi connectivity index (χ0) is 24.9. The topological polar surface area (TPSA) is 205 Å². The highest BCUT2D eigenvalue weighted by Crippen LogP contribution is 2.23. The van der Waals surface area contributed by atoms with Crippen molar-refractivity contribution < 1.29 is 49.1 Å². The van der Waals surface area contributed by atoms with E-state index < -0.39 is 29.4 Å². The van der Waals surface area contributed by atoms with Gasteiger partial charge in [-0.05, 0) is 32.3 Å². The molecule has 0 amide bonds. The molecule has 1 heterocycles. The van der Waals surface area contributed by atoms with Crippen LogP contribution in [-0.2, 0) is 35.3 Å². The van der Waals surface area contributed by atoms with Crippen molar-refractivity contribution in [2.75, 3.05) is 13.1 Å². The number of benzene rings is 1. The molecule has 1 fully saturated rings. The predicted octanol–water partition coefficient (Wildman–Crippen LogP) is 0.243. The Morgan fingerprint density at radius 1 is 0.906 bits per heavy atom.